The number of carbonyl (C=O) groups is 2. The number of amides is 3. The summed E-state index contributed by atoms with van der Waals surface area (Å²) in [6.07, 6.45) is -9.83. The zero-order valence-corrected chi connectivity index (χ0v) is 25.4. The highest BCUT2D eigenvalue weighted by molar-refractivity contribution is 6.07. The molecule has 1 unspecified atom stereocenters. The van der Waals surface area contributed by atoms with Crippen LogP contribution >= 0.6 is 0 Å². The van der Waals surface area contributed by atoms with E-state index in [4.69, 9.17) is 9.47 Å². The fourth-order valence-electron chi connectivity index (χ4n) is 5.04. The quantitative estimate of drug-likeness (QED) is 0.172. The second kappa shape index (κ2) is 12.8. The van der Waals surface area contributed by atoms with Gasteiger partial charge in [-0.25, -0.2) is 4.79 Å². The van der Waals surface area contributed by atoms with Gasteiger partial charge in [0.1, 0.15) is 17.2 Å². The molecule has 46 heavy (non-hydrogen) atoms. The number of alkyl halides is 6. The highest BCUT2D eigenvalue weighted by atomic mass is 19.4. The number of aliphatic hydroxyl groups is 1. The van der Waals surface area contributed by atoms with Gasteiger partial charge in [-0.2, -0.15) is 26.3 Å². The molecule has 0 bridgehead atoms. The second-order valence-electron chi connectivity index (χ2n) is 11.3. The number of hydrogen-bond acceptors (Lipinski definition) is 6. The Morgan fingerprint density at radius 1 is 0.935 bits per heavy atom. The van der Waals surface area contributed by atoms with Crippen LogP contribution in [0.1, 0.15) is 56.5 Å². The first-order chi connectivity index (χ1) is 21.4. The summed E-state index contributed by atoms with van der Waals surface area (Å²) < 4.78 is 91.8. The van der Waals surface area contributed by atoms with Gasteiger partial charge in [0.2, 0.25) is 0 Å². The number of urea groups is 1. The van der Waals surface area contributed by atoms with Crippen molar-refractivity contribution in [3.8, 4) is 17.2 Å². The molecule has 1 aromatic heterocycles. The summed E-state index contributed by atoms with van der Waals surface area (Å²) in [5, 5.41) is 12.5. The Labute approximate surface area is 261 Å². The summed E-state index contributed by atoms with van der Waals surface area (Å²) in [4.78, 5) is 31.4. The van der Waals surface area contributed by atoms with Gasteiger partial charge in [-0.3, -0.25) is 14.7 Å². The lowest BCUT2D eigenvalue weighted by molar-refractivity contribution is -0.376. The predicted molar refractivity (Wildman–Crippen MR) is 154 cm³/mol. The van der Waals surface area contributed by atoms with E-state index in [-0.39, 0.29) is 42.6 Å². The van der Waals surface area contributed by atoms with Crippen LogP contribution in [0.25, 0.3) is 0 Å². The molecule has 1 aliphatic heterocycles. The largest absolute Gasteiger partial charge is 0.489 e. The van der Waals surface area contributed by atoms with Gasteiger partial charge >= 0.3 is 18.4 Å². The van der Waals surface area contributed by atoms with Gasteiger partial charge in [0.05, 0.1) is 18.0 Å². The Morgan fingerprint density at radius 3 is 2.11 bits per heavy atom. The van der Waals surface area contributed by atoms with Gasteiger partial charge in [-0.05, 0) is 81.1 Å². The number of halogens is 6. The van der Waals surface area contributed by atoms with Crippen LogP contribution in [0.3, 0.4) is 0 Å². The predicted octanol–water partition coefficient (Wildman–Crippen LogP) is 6.94. The number of rotatable bonds is 11. The van der Waals surface area contributed by atoms with Gasteiger partial charge < -0.3 is 19.9 Å². The van der Waals surface area contributed by atoms with E-state index in [0.29, 0.717) is 30.0 Å². The van der Waals surface area contributed by atoms with Crippen molar-refractivity contribution in [3.63, 3.8) is 0 Å². The van der Waals surface area contributed by atoms with Gasteiger partial charge in [-0.15, -0.1) is 0 Å². The molecule has 248 valence electrons. The molecule has 3 aromatic rings. The molecule has 1 atom stereocenters. The number of hydrogen-bond donors (Lipinski definition) is 2. The Hall–Kier alpha value is -4.33. The summed E-state index contributed by atoms with van der Waals surface area (Å²) in [7, 11) is 0. The van der Waals surface area contributed by atoms with E-state index >= 15 is 0 Å². The summed E-state index contributed by atoms with van der Waals surface area (Å²) in [6, 6.07) is 11.3. The molecule has 0 spiro atoms. The monoisotopic (exact) mass is 653 g/mol. The van der Waals surface area contributed by atoms with Crippen molar-refractivity contribution in [2.75, 3.05) is 6.54 Å². The van der Waals surface area contributed by atoms with Crippen LogP contribution < -0.4 is 14.8 Å². The summed E-state index contributed by atoms with van der Waals surface area (Å²) in [5.41, 5.74) is -6.65. The van der Waals surface area contributed by atoms with E-state index in [2.05, 4.69) is 10.3 Å². The molecule has 1 fully saturated rings. The molecular weight excluding hydrogens is 620 g/mol. The first-order valence-corrected chi connectivity index (χ1v) is 14.4. The zero-order valence-electron chi connectivity index (χ0n) is 25.4. The first kappa shape index (κ1) is 34.5. The SMILES string of the molecule is CCCc1cc(C(O)(C(F)(F)F)C(F)(F)F)ccc1Oc1ccc(CCN2C(=O)NC(C)(c3ccc(OC(C)C)cn3)C2=O)cc1. The van der Waals surface area contributed by atoms with Crippen molar-refractivity contribution < 1.29 is 50.5 Å². The molecule has 1 saturated heterocycles. The average molecular weight is 654 g/mol. The Morgan fingerprint density at radius 2 is 1.57 bits per heavy atom. The van der Waals surface area contributed by atoms with Crippen molar-refractivity contribution in [3.05, 3.63) is 83.2 Å². The van der Waals surface area contributed by atoms with Crippen LogP contribution in [0.4, 0.5) is 31.1 Å². The standard InChI is InChI=1S/C32H33F6N3O5/c1-5-6-21-17-22(30(44,31(33,34)35)32(36,37)38)9-13-25(21)46-23-10-7-20(8-11-23)15-16-41-27(42)29(4,40-28(41)43)26-14-12-24(18-39-26)45-19(2)3/h7-14,17-19,44H,5-6,15-16H2,1-4H3,(H,40,43). The zero-order chi connectivity index (χ0) is 34.1. The van der Waals surface area contributed by atoms with Gasteiger partial charge in [0.15, 0.2) is 5.54 Å². The number of imide groups is 1. The third-order valence-corrected chi connectivity index (χ3v) is 7.49. The maximum Gasteiger partial charge on any atom is 0.430 e. The van der Waals surface area contributed by atoms with Gasteiger partial charge in [-0.1, -0.05) is 31.5 Å². The molecule has 8 nitrogen and oxygen atoms in total. The maximum absolute atomic E-state index is 13.4. The Balaban J connectivity index is 1.45. The molecule has 0 radical (unpaired) electrons. The number of aryl methyl sites for hydroxylation is 1. The number of nitrogens with one attached hydrogen (secondary N) is 1. The smallest absolute Gasteiger partial charge is 0.430 e. The van der Waals surface area contributed by atoms with Crippen molar-refractivity contribution in [1.29, 1.82) is 0 Å². The Kier molecular flexibility index (Phi) is 9.62. The van der Waals surface area contributed by atoms with E-state index in [1.54, 1.807) is 50.2 Å². The summed E-state index contributed by atoms with van der Waals surface area (Å²) in [5.74, 6) is 0.324. The summed E-state index contributed by atoms with van der Waals surface area (Å²) in [6.45, 7) is 7.04. The molecule has 14 heteroatoms. The normalized spacial score (nSPS) is 17.4. The number of aromatic nitrogens is 1. The molecule has 2 aromatic carbocycles. The van der Waals surface area contributed by atoms with Crippen LogP contribution in [0.2, 0.25) is 0 Å². The number of nitrogens with zero attached hydrogens (tertiary/aromatic N) is 2. The highest BCUT2D eigenvalue weighted by Gasteiger charge is 2.71. The molecule has 3 amide bonds. The number of benzene rings is 2. The van der Waals surface area contributed by atoms with Crippen molar-refractivity contribution >= 4 is 11.9 Å². The van der Waals surface area contributed by atoms with E-state index < -0.39 is 41.0 Å². The van der Waals surface area contributed by atoms with Crippen LogP contribution in [-0.2, 0) is 28.8 Å². The average Bonchev–Trinajstić information content (AvgIpc) is 3.19. The minimum atomic E-state index is -6.00. The van der Waals surface area contributed by atoms with E-state index in [9.17, 15) is 41.0 Å². The molecule has 0 aliphatic carbocycles. The molecule has 4 rings (SSSR count). The van der Waals surface area contributed by atoms with Crippen LogP contribution in [0.5, 0.6) is 17.2 Å². The fourth-order valence-corrected chi connectivity index (χ4v) is 5.04. The first-order valence-electron chi connectivity index (χ1n) is 14.4. The lowest BCUT2D eigenvalue weighted by Crippen LogP contribution is -2.53. The minimum absolute atomic E-state index is 0.0288. The van der Waals surface area contributed by atoms with E-state index in [1.807, 2.05) is 13.8 Å². The van der Waals surface area contributed by atoms with E-state index in [0.717, 1.165) is 16.5 Å². The third-order valence-electron chi connectivity index (χ3n) is 7.49. The van der Waals surface area contributed by atoms with Crippen molar-refractivity contribution in [2.45, 2.75) is 76.6 Å². The van der Waals surface area contributed by atoms with Crippen molar-refractivity contribution in [2.24, 2.45) is 0 Å². The number of carbonyl (C=O) groups excluding carboxylic acids is 2. The minimum Gasteiger partial charge on any atom is -0.489 e. The van der Waals surface area contributed by atoms with Gasteiger partial charge in [0.25, 0.3) is 11.5 Å². The molecule has 2 heterocycles. The topological polar surface area (TPSA) is 101 Å². The lowest BCUT2D eigenvalue weighted by atomic mass is 9.90. The van der Waals surface area contributed by atoms with Crippen LogP contribution in [0.15, 0.2) is 60.8 Å². The molecular formula is C32H33F6N3O5. The second-order valence-corrected chi connectivity index (χ2v) is 11.3. The maximum atomic E-state index is 13.4. The van der Waals surface area contributed by atoms with Crippen molar-refractivity contribution in [1.82, 2.24) is 15.2 Å². The molecule has 1 aliphatic rings. The Bertz CT molecular complexity index is 1540. The third kappa shape index (κ3) is 6.76. The number of pyridine rings is 1. The number of ether oxygens (including phenoxy) is 2. The molecule has 0 saturated carbocycles. The van der Waals surface area contributed by atoms with E-state index in [1.165, 1.54) is 6.20 Å². The summed E-state index contributed by atoms with van der Waals surface area (Å²) >= 11 is 0. The fraction of sp³-hybridized carbons (Fsp3) is 0.406. The molecule has 2 N–H and O–H groups in total. The lowest BCUT2D eigenvalue weighted by Gasteiger charge is -2.33. The van der Waals surface area contributed by atoms with Gasteiger partial charge in [0, 0.05) is 12.1 Å². The van der Waals surface area contributed by atoms with Crippen LogP contribution in [0, 0.1) is 0 Å². The van der Waals surface area contributed by atoms with Crippen LogP contribution in [-0.4, -0.2) is 51.9 Å². The highest BCUT2D eigenvalue weighted by Crippen LogP contribution is 2.50.